The maximum absolute atomic E-state index is 12.6. The van der Waals surface area contributed by atoms with Crippen molar-refractivity contribution in [3.05, 3.63) is 46.8 Å². The summed E-state index contributed by atoms with van der Waals surface area (Å²) in [4.78, 5) is 15.1. The standard InChI is InChI=1S/C22H33N5O2/c1-15(21-16(2)25-26(4)17(21)3)24-22(28)23-14-20(27-12-6-7-13-27)18-8-10-19(29-5)11-9-18/h8-11,15,20H,6-7,12-14H2,1-5H3,(H2,23,24,28)/t15-,20+/m0/s1. The molecule has 7 heteroatoms. The molecule has 2 aromatic rings. The minimum atomic E-state index is -0.155. The molecule has 0 bridgehead atoms. The van der Waals surface area contributed by atoms with Crippen molar-refractivity contribution in [1.82, 2.24) is 25.3 Å². The van der Waals surface area contributed by atoms with Crippen LogP contribution in [0.3, 0.4) is 0 Å². The van der Waals surface area contributed by atoms with E-state index < -0.39 is 0 Å². The summed E-state index contributed by atoms with van der Waals surface area (Å²) in [5.74, 6) is 0.843. The number of carbonyl (C=O) groups is 1. The van der Waals surface area contributed by atoms with E-state index >= 15 is 0 Å². The van der Waals surface area contributed by atoms with Gasteiger partial charge in [-0.2, -0.15) is 5.10 Å². The first-order valence-electron chi connectivity index (χ1n) is 10.3. The van der Waals surface area contributed by atoms with Crippen molar-refractivity contribution in [3.63, 3.8) is 0 Å². The lowest BCUT2D eigenvalue weighted by molar-refractivity contribution is 0.219. The summed E-state index contributed by atoms with van der Waals surface area (Å²) in [5.41, 5.74) is 4.29. The van der Waals surface area contributed by atoms with Crippen LogP contribution in [0.25, 0.3) is 0 Å². The van der Waals surface area contributed by atoms with Gasteiger partial charge in [-0.3, -0.25) is 9.58 Å². The number of benzene rings is 1. The van der Waals surface area contributed by atoms with Crippen LogP contribution in [0.5, 0.6) is 5.75 Å². The molecule has 2 atom stereocenters. The second kappa shape index (κ2) is 9.31. The van der Waals surface area contributed by atoms with Gasteiger partial charge < -0.3 is 15.4 Å². The van der Waals surface area contributed by atoms with E-state index in [-0.39, 0.29) is 18.1 Å². The first-order chi connectivity index (χ1) is 13.9. The number of hydrogen-bond donors (Lipinski definition) is 2. The normalized spacial score (nSPS) is 16.4. The number of methoxy groups -OCH3 is 1. The second-order valence-corrected chi connectivity index (χ2v) is 7.82. The molecule has 1 saturated heterocycles. The van der Waals surface area contributed by atoms with E-state index in [0.717, 1.165) is 35.8 Å². The number of amides is 2. The maximum atomic E-state index is 12.6. The highest BCUT2D eigenvalue weighted by molar-refractivity contribution is 5.74. The van der Waals surface area contributed by atoms with E-state index in [1.165, 1.54) is 18.4 Å². The van der Waals surface area contributed by atoms with Gasteiger partial charge in [0, 0.05) is 24.8 Å². The van der Waals surface area contributed by atoms with Gasteiger partial charge >= 0.3 is 6.03 Å². The monoisotopic (exact) mass is 399 g/mol. The lowest BCUT2D eigenvalue weighted by atomic mass is 10.1. The number of aromatic nitrogens is 2. The van der Waals surface area contributed by atoms with Crippen LogP contribution in [0.2, 0.25) is 0 Å². The zero-order chi connectivity index (χ0) is 21.0. The molecule has 1 aliphatic rings. The number of aryl methyl sites for hydroxylation is 2. The van der Waals surface area contributed by atoms with Crippen LogP contribution in [0.15, 0.2) is 24.3 Å². The molecule has 1 aromatic heterocycles. The van der Waals surface area contributed by atoms with Crippen molar-refractivity contribution in [2.45, 2.75) is 45.7 Å². The van der Waals surface area contributed by atoms with Crippen LogP contribution >= 0.6 is 0 Å². The van der Waals surface area contributed by atoms with Gasteiger partial charge in [0.05, 0.1) is 24.9 Å². The van der Waals surface area contributed by atoms with Crippen molar-refractivity contribution in [3.8, 4) is 5.75 Å². The maximum Gasteiger partial charge on any atom is 0.315 e. The summed E-state index contributed by atoms with van der Waals surface area (Å²) in [7, 11) is 3.60. The van der Waals surface area contributed by atoms with Crippen molar-refractivity contribution < 1.29 is 9.53 Å². The van der Waals surface area contributed by atoms with Crippen LogP contribution < -0.4 is 15.4 Å². The zero-order valence-corrected chi connectivity index (χ0v) is 18.2. The molecule has 0 saturated carbocycles. The highest BCUT2D eigenvalue weighted by Gasteiger charge is 2.25. The van der Waals surface area contributed by atoms with Crippen molar-refractivity contribution >= 4 is 6.03 Å². The lowest BCUT2D eigenvalue weighted by Crippen LogP contribution is -2.42. The molecule has 2 heterocycles. The quantitative estimate of drug-likeness (QED) is 0.750. The van der Waals surface area contributed by atoms with Gasteiger partial charge in [0.25, 0.3) is 0 Å². The second-order valence-electron chi connectivity index (χ2n) is 7.82. The summed E-state index contributed by atoms with van der Waals surface area (Å²) in [5, 5.41) is 10.6. The number of carbonyl (C=O) groups excluding carboxylic acids is 1. The van der Waals surface area contributed by atoms with Crippen LogP contribution in [0, 0.1) is 13.8 Å². The summed E-state index contributed by atoms with van der Waals surface area (Å²) < 4.78 is 7.13. The number of urea groups is 1. The topological polar surface area (TPSA) is 71.4 Å². The van der Waals surface area contributed by atoms with Crippen molar-refractivity contribution in [2.75, 3.05) is 26.7 Å². The first kappa shape index (κ1) is 21.2. The fourth-order valence-electron chi connectivity index (χ4n) is 4.26. The summed E-state index contributed by atoms with van der Waals surface area (Å²) in [6, 6.07) is 8.04. The van der Waals surface area contributed by atoms with Gasteiger partial charge in [0.15, 0.2) is 0 Å². The van der Waals surface area contributed by atoms with E-state index in [2.05, 4.69) is 32.8 Å². The van der Waals surface area contributed by atoms with Gasteiger partial charge in [0.1, 0.15) is 5.75 Å². The molecule has 0 aliphatic carbocycles. The van der Waals surface area contributed by atoms with E-state index in [0.29, 0.717) is 6.54 Å². The Labute approximate surface area is 173 Å². The zero-order valence-electron chi connectivity index (χ0n) is 18.2. The smallest absolute Gasteiger partial charge is 0.315 e. The Balaban J connectivity index is 1.64. The molecule has 1 aromatic carbocycles. The summed E-state index contributed by atoms with van der Waals surface area (Å²) in [6.45, 7) is 8.69. The molecule has 29 heavy (non-hydrogen) atoms. The van der Waals surface area contributed by atoms with Crippen LogP contribution in [-0.4, -0.2) is 47.5 Å². The number of likely N-dealkylation sites (tertiary alicyclic amines) is 1. The van der Waals surface area contributed by atoms with Crippen LogP contribution in [0.4, 0.5) is 4.79 Å². The largest absolute Gasteiger partial charge is 0.497 e. The molecular formula is C22H33N5O2. The highest BCUT2D eigenvalue weighted by Crippen LogP contribution is 2.26. The Bertz CT molecular complexity index is 824. The predicted molar refractivity (Wildman–Crippen MR) is 114 cm³/mol. The number of hydrogen-bond acceptors (Lipinski definition) is 4. The van der Waals surface area contributed by atoms with E-state index in [4.69, 9.17) is 4.74 Å². The number of rotatable bonds is 7. The van der Waals surface area contributed by atoms with Crippen LogP contribution in [0.1, 0.15) is 54.4 Å². The average molecular weight is 400 g/mol. The fourth-order valence-corrected chi connectivity index (χ4v) is 4.26. The molecule has 0 spiro atoms. The predicted octanol–water partition coefficient (Wildman–Crippen LogP) is 3.24. The molecule has 1 aliphatic heterocycles. The van der Waals surface area contributed by atoms with Gasteiger partial charge in [-0.05, 0) is 64.4 Å². The molecule has 158 valence electrons. The SMILES string of the molecule is COc1ccc([C@@H](CNC(=O)N[C@@H](C)c2c(C)nn(C)c2C)N2CCCC2)cc1. The number of nitrogens with one attached hydrogen (secondary N) is 2. The van der Waals surface area contributed by atoms with Crippen molar-refractivity contribution in [2.24, 2.45) is 7.05 Å². The molecule has 3 rings (SSSR count). The third kappa shape index (κ3) is 4.90. The first-order valence-corrected chi connectivity index (χ1v) is 10.3. The van der Waals surface area contributed by atoms with Gasteiger partial charge in [-0.1, -0.05) is 12.1 Å². The third-order valence-corrected chi connectivity index (χ3v) is 5.88. The Morgan fingerprint density at radius 3 is 2.41 bits per heavy atom. The van der Waals surface area contributed by atoms with E-state index in [9.17, 15) is 4.79 Å². The summed E-state index contributed by atoms with van der Waals surface area (Å²) >= 11 is 0. The number of nitrogens with zero attached hydrogens (tertiary/aromatic N) is 3. The molecule has 1 fully saturated rings. The van der Waals surface area contributed by atoms with Gasteiger partial charge in [-0.15, -0.1) is 0 Å². The molecule has 0 unspecified atom stereocenters. The van der Waals surface area contributed by atoms with Crippen molar-refractivity contribution in [1.29, 1.82) is 0 Å². The molecule has 7 nitrogen and oxygen atoms in total. The fraction of sp³-hybridized carbons (Fsp3) is 0.545. The molecule has 2 N–H and O–H groups in total. The minimum Gasteiger partial charge on any atom is -0.497 e. The van der Waals surface area contributed by atoms with Gasteiger partial charge in [-0.25, -0.2) is 4.79 Å². The highest BCUT2D eigenvalue weighted by atomic mass is 16.5. The summed E-state index contributed by atoms with van der Waals surface area (Å²) in [6.07, 6.45) is 2.41. The third-order valence-electron chi connectivity index (χ3n) is 5.88. The molecular weight excluding hydrogens is 366 g/mol. The number of ether oxygens (including phenoxy) is 1. The Hall–Kier alpha value is -2.54. The average Bonchev–Trinajstić information content (AvgIpc) is 3.31. The van der Waals surface area contributed by atoms with E-state index in [1.807, 2.05) is 44.6 Å². The molecule has 2 amide bonds. The lowest BCUT2D eigenvalue weighted by Gasteiger charge is -2.28. The van der Waals surface area contributed by atoms with Gasteiger partial charge in [0.2, 0.25) is 0 Å². The minimum absolute atomic E-state index is 0.102. The Kier molecular flexibility index (Phi) is 6.79. The van der Waals surface area contributed by atoms with E-state index in [1.54, 1.807) is 7.11 Å². The van der Waals surface area contributed by atoms with Crippen LogP contribution in [-0.2, 0) is 7.05 Å². The molecule has 0 radical (unpaired) electrons. The Morgan fingerprint density at radius 1 is 1.21 bits per heavy atom. The Morgan fingerprint density at radius 2 is 1.86 bits per heavy atom.